The van der Waals surface area contributed by atoms with Crippen LogP contribution in [0.25, 0.3) is 0 Å². The van der Waals surface area contributed by atoms with E-state index in [4.69, 9.17) is 37.4 Å². The summed E-state index contributed by atoms with van der Waals surface area (Å²) in [5.74, 6) is -0.0431. The Morgan fingerprint density at radius 1 is 1.02 bits per heavy atom. The molecular weight excluding hydrogens is 593 g/mol. The van der Waals surface area contributed by atoms with Gasteiger partial charge in [-0.05, 0) is 29.7 Å². The predicted octanol–water partition coefficient (Wildman–Crippen LogP) is 4.89. The summed E-state index contributed by atoms with van der Waals surface area (Å²) in [6, 6.07) is 14.8. The monoisotopic (exact) mass is 631 g/mol. The summed E-state index contributed by atoms with van der Waals surface area (Å²) in [6.07, 6.45) is -0.0429. The third-order valence-corrected chi connectivity index (χ3v) is 7.77. The van der Waals surface area contributed by atoms with E-state index in [1.54, 1.807) is 30.2 Å². The van der Waals surface area contributed by atoms with Crippen LogP contribution < -0.4 is 0 Å². The molecule has 2 unspecified atom stereocenters. The summed E-state index contributed by atoms with van der Waals surface area (Å²) in [4.78, 5) is 30.8. The Morgan fingerprint density at radius 2 is 1.71 bits per heavy atom. The molecule has 2 atom stereocenters. The SMILES string of the molecule is COCCOCCOCCN(C(=O)O)C1CCN(CC(c2ccccc2)N(C)C(=O)Cc2ccc(Cl)c(Cl)c2)C1.Cl. The first-order valence-electron chi connectivity index (χ1n) is 13.4. The van der Waals surface area contributed by atoms with Crippen molar-refractivity contribution in [1.29, 1.82) is 0 Å². The number of hydrogen-bond acceptors (Lipinski definition) is 6. The number of rotatable bonds is 16. The molecule has 228 valence electrons. The molecule has 1 aliphatic rings. The first kappa shape index (κ1) is 35.1. The van der Waals surface area contributed by atoms with Crippen LogP contribution in [0.4, 0.5) is 4.79 Å². The zero-order valence-corrected chi connectivity index (χ0v) is 25.9. The highest BCUT2D eigenvalue weighted by molar-refractivity contribution is 6.42. The van der Waals surface area contributed by atoms with Gasteiger partial charge in [-0.15, -0.1) is 12.4 Å². The molecular formula is C29H40Cl3N3O6. The molecule has 1 aliphatic heterocycles. The van der Waals surface area contributed by atoms with Crippen LogP contribution in [0.2, 0.25) is 10.0 Å². The first-order chi connectivity index (χ1) is 19.3. The number of ether oxygens (including phenoxy) is 3. The standard InChI is InChI=1S/C29H39Cl2N3O6.ClH/c1-32(28(35)19-22-8-9-25(30)26(31)18-22)27(23-6-4-3-5-7-23)21-33-11-10-24(20-33)34(29(36)37)12-13-39-16-17-40-15-14-38-2;/h3-9,18,24,27H,10-17,19-21H2,1-2H3,(H,36,37);1H. The number of nitrogens with zero attached hydrogens (tertiary/aromatic N) is 3. The second kappa shape index (κ2) is 18.4. The normalized spacial score (nSPS) is 15.8. The van der Waals surface area contributed by atoms with Gasteiger partial charge in [0.05, 0.1) is 55.5 Å². The van der Waals surface area contributed by atoms with Gasteiger partial charge < -0.3 is 29.1 Å². The number of likely N-dealkylation sites (N-methyl/N-ethyl adjacent to an activating group) is 1. The van der Waals surface area contributed by atoms with Crippen molar-refractivity contribution in [3.05, 3.63) is 69.7 Å². The van der Waals surface area contributed by atoms with Gasteiger partial charge in [0, 0.05) is 46.4 Å². The molecule has 9 nitrogen and oxygen atoms in total. The van der Waals surface area contributed by atoms with E-state index in [1.807, 2.05) is 37.4 Å². The summed E-state index contributed by atoms with van der Waals surface area (Å²) < 4.78 is 15.9. The highest BCUT2D eigenvalue weighted by atomic mass is 35.5. The smallest absolute Gasteiger partial charge is 0.407 e. The molecule has 2 amide bonds. The van der Waals surface area contributed by atoms with Gasteiger partial charge >= 0.3 is 6.09 Å². The maximum atomic E-state index is 13.3. The fraction of sp³-hybridized carbons (Fsp3) is 0.517. The van der Waals surface area contributed by atoms with Crippen LogP contribution in [0.5, 0.6) is 0 Å². The number of likely N-dealkylation sites (tertiary alicyclic amines) is 1. The van der Waals surface area contributed by atoms with Crippen LogP contribution >= 0.6 is 35.6 Å². The third kappa shape index (κ3) is 11.2. The molecule has 0 radical (unpaired) electrons. The van der Waals surface area contributed by atoms with Gasteiger partial charge in [0.25, 0.3) is 0 Å². The first-order valence-corrected chi connectivity index (χ1v) is 14.2. The molecule has 0 aliphatic carbocycles. The Hall–Kier alpha value is -2.11. The Labute approximate surface area is 258 Å². The van der Waals surface area contributed by atoms with Gasteiger partial charge in [-0.1, -0.05) is 59.6 Å². The number of benzene rings is 2. The quantitative estimate of drug-likeness (QED) is 0.264. The van der Waals surface area contributed by atoms with Crippen molar-refractivity contribution in [3.63, 3.8) is 0 Å². The fourth-order valence-corrected chi connectivity index (χ4v) is 5.11. The third-order valence-electron chi connectivity index (χ3n) is 7.03. The average Bonchev–Trinajstić information content (AvgIpc) is 3.41. The van der Waals surface area contributed by atoms with Crippen molar-refractivity contribution in [1.82, 2.24) is 14.7 Å². The summed E-state index contributed by atoms with van der Waals surface area (Å²) in [6.45, 7) is 4.36. The molecule has 12 heteroatoms. The van der Waals surface area contributed by atoms with Gasteiger partial charge in [0.1, 0.15) is 0 Å². The van der Waals surface area contributed by atoms with Crippen LogP contribution in [0, 0.1) is 0 Å². The van der Waals surface area contributed by atoms with E-state index < -0.39 is 6.09 Å². The second-order valence-electron chi connectivity index (χ2n) is 9.75. The van der Waals surface area contributed by atoms with Crippen LogP contribution in [0.15, 0.2) is 48.5 Å². The molecule has 1 heterocycles. The van der Waals surface area contributed by atoms with Crippen molar-refractivity contribution >= 4 is 47.6 Å². The number of hydrogen-bond donors (Lipinski definition) is 1. The van der Waals surface area contributed by atoms with E-state index >= 15 is 0 Å². The topological polar surface area (TPSA) is 91.8 Å². The van der Waals surface area contributed by atoms with Crippen LogP contribution in [-0.4, -0.2) is 111 Å². The highest BCUT2D eigenvalue weighted by Gasteiger charge is 2.33. The largest absolute Gasteiger partial charge is 0.465 e. The number of carbonyl (C=O) groups excluding carboxylic acids is 1. The molecule has 3 rings (SSSR count). The van der Waals surface area contributed by atoms with Crippen LogP contribution in [0.1, 0.15) is 23.6 Å². The molecule has 2 aromatic rings. The summed E-state index contributed by atoms with van der Waals surface area (Å²) in [5.41, 5.74) is 1.81. The predicted molar refractivity (Wildman–Crippen MR) is 162 cm³/mol. The second-order valence-corrected chi connectivity index (χ2v) is 10.6. The van der Waals surface area contributed by atoms with Gasteiger partial charge in [0.2, 0.25) is 5.91 Å². The van der Waals surface area contributed by atoms with E-state index in [0.29, 0.717) is 56.2 Å². The van der Waals surface area contributed by atoms with Crippen LogP contribution in [0.3, 0.4) is 0 Å². The van der Waals surface area contributed by atoms with Crippen molar-refractivity contribution in [2.24, 2.45) is 0 Å². The Bertz CT molecular complexity index is 1080. The maximum absolute atomic E-state index is 13.3. The minimum absolute atomic E-state index is 0. The molecule has 0 saturated carbocycles. The number of carboxylic acid groups (broad SMARTS) is 1. The zero-order chi connectivity index (χ0) is 28.9. The molecule has 0 spiro atoms. The van der Waals surface area contributed by atoms with Crippen molar-refractivity contribution in [3.8, 4) is 0 Å². The highest BCUT2D eigenvalue weighted by Crippen LogP contribution is 2.27. The van der Waals surface area contributed by atoms with E-state index in [9.17, 15) is 14.7 Å². The van der Waals surface area contributed by atoms with Crippen molar-refractivity contribution in [2.45, 2.75) is 24.9 Å². The van der Waals surface area contributed by atoms with Gasteiger partial charge in [0.15, 0.2) is 0 Å². The molecule has 1 saturated heterocycles. The average molecular weight is 633 g/mol. The number of amides is 2. The van der Waals surface area contributed by atoms with Gasteiger partial charge in [-0.3, -0.25) is 9.69 Å². The molecule has 1 fully saturated rings. The minimum atomic E-state index is -0.958. The Morgan fingerprint density at radius 3 is 2.37 bits per heavy atom. The lowest BCUT2D eigenvalue weighted by atomic mass is 10.0. The van der Waals surface area contributed by atoms with Crippen molar-refractivity contribution < 1.29 is 28.9 Å². The van der Waals surface area contributed by atoms with Gasteiger partial charge in [-0.25, -0.2) is 4.79 Å². The summed E-state index contributed by atoms with van der Waals surface area (Å²) >= 11 is 12.2. The number of methoxy groups -OCH3 is 1. The molecule has 0 bridgehead atoms. The van der Waals surface area contributed by atoms with E-state index in [0.717, 1.165) is 24.1 Å². The Balaban J connectivity index is 0.00000588. The summed E-state index contributed by atoms with van der Waals surface area (Å²) in [5, 5.41) is 10.7. The van der Waals surface area contributed by atoms with E-state index in [1.165, 1.54) is 4.90 Å². The molecule has 41 heavy (non-hydrogen) atoms. The molecule has 2 aromatic carbocycles. The molecule has 1 N–H and O–H groups in total. The lowest BCUT2D eigenvalue weighted by Gasteiger charge is -2.33. The molecule has 0 aromatic heterocycles. The fourth-order valence-electron chi connectivity index (χ4n) is 4.79. The van der Waals surface area contributed by atoms with Gasteiger partial charge in [-0.2, -0.15) is 0 Å². The zero-order valence-electron chi connectivity index (χ0n) is 23.5. The Kier molecular flexibility index (Phi) is 15.8. The number of halogens is 3. The maximum Gasteiger partial charge on any atom is 0.407 e. The summed E-state index contributed by atoms with van der Waals surface area (Å²) in [7, 11) is 3.43. The lowest BCUT2D eigenvalue weighted by Crippen LogP contribution is -2.44. The lowest BCUT2D eigenvalue weighted by molar-refractivity contribution is -0.131. The minimum Gasteiger partial charge on any atom is -0.465 e. The van der Waals surface area contributed by atoms with Crippen LogP contribution in [-0.2, 0) is 25.4 Å². The van der Waals surface area contributed by atoms with E-state index in [2.05, 4.69) is 4.90 Å². The van der Waals surface area contributed by atoms with E-state index in [-0.39, 0.29) is 43.4 Å². The number of carbonyl (C=O) groups is 2. The van der Waals surface area contributed by atoms with Crippen molar-refractivity contribution in [2.75, 3.05) is 73.4 Å².